The Kier molecular flexibility index (Phi) is 5.81. The molecule has 5 nitrogen and oxygen atoms in total. The minimum atomic E-state index is -4.65. The number of carbonyl (C=O) groups excluding carboxylic acids is 1. The molecule has 2 fully saturated rings. The predicted molar refractivity (Wildman–Crippen MR) is 121 cm³/mol. The van der Waals surface area contributed by atoms with Crippen LogP contribution in [-0.2, 0) is 12.6 Å². The van der Waals surface area contributed by atoms with Gasteiger partial charge in [0.2, 0.25) is 0 Å². The lowest BCUT2D eigenvalue weighted by Gasteiger charge is -2.26. The molecule has 35 heavy (non-hydrogen) atoms. The number of alkyl halides is 3. The maximum atomic E-state index is 14.4. The highest BCUT2D eigenvalue weighted by molar-refractivity contribution is 6.00. The van der Waals surface area contributed by atoms with Crippen molar-refractivity contribution in [3.8, 4) is 11.4 Å². The van der Waals surface area contributed by atoms with Crippen molar-refractivity contribution in [2.75, 3.05) is 6.54 Å². The van der Waals surface area contributed by atoms with Crippen molar-refractivity contribution in [2.24, 2.45) is 5.41 Å². The number of pyridine rings is 1. The van der Waals surface area contributed by atoms with Gasteiger partial charge >= 0.3 is 6.18 Å². The molecule has 1 atom stereocenters. The molecule has 3 heterocycles. The first-order valence-electron chi connectivity index (χ1n) is 11.6. The van der Waals surface area contributed by atoms with Crippen LogP contribution in [0.1, 0.15) is 52.9 Å². The maximum Gasteiger partial charge on any atom is 0.417 e. The number of amides is 1. The Labute approximate surface area is 200 Å². The third kappa shape index (κ3) is 4.76. The maximum absolute atomic E-state index is 14.4. The molecule has 2 aromatic heterocycles. The summed E-state index contributed by atoms with van der Waals surface area (Å²) < 4.78 is 52.9. The molecule has 1 aliphatic carbocycles. The second-order valence-corrected chi connectivity index (χ2v) is 9.60. The zero-order valence-corrected chi connectivity index (χ0v) is 19.1. The summed E-state index contributed by atoms with van der Waals surface area (Å²) in [5, 5.41) is 0. The number of hydrogen-bond donors (Lipinski definition) is 0. The first-order chi connectivity index (χ1) is 16.7. The number of hydrogen-bond acceptors (Lipinski definition) is 4. The third-order valence-corrected chi connectivity index (χ3v) is 7.00. The highest BCUT2D eigenvalue weighted by Crippen LogP contribution is 2.55. The van der Waals surface area contributed by atoms with Gasteiger partial charge in [0.15, 0.2) is 5.82 Å². The van der Waals surface area contributed by atoms with Crippen LogP contribution < -0.4 is 0 Å². The van der Waals surface area contributed by atoms with Gasteiger partial charge in [0.1, 0.15) is 5.82 Å². The molecule has 1 aromatic carbocycles. The molecule has 1 spiro atoms. The molecule has 3 aromatic rings. The van der Waals surface area contributed by atoms with E-state index < -0.39 is 17.6 Å². The molecule has 0 radical (unpaired) electrons. The Hall–Kier alpha value is -3.36. The Morgan fingerprint density at radius 2 is 1.89 bits per heavy atom. The third-order valence-electron chi connectivity index (χ3n) is 7.00. The van der Waals surface area contributed by atoms with Crippen molar-refractivity contribution >= 4 is 5.91 Å². The van der Waals surface area contributed by atoms with Crippen molar-refractivity contribution in [2.45, 2.75) is 51.2 Å². The van der Waals surface area contributed by atoms with Crippen LogP contribution in [0.15, 0.2) is 48.9 Å². The summed E-state index contributed by atoms with van der Waals surface area (Å²) in [7, 11) is 0. The van der Waals surface area contributed by atoms with E-state index in [9.17, 15) is 22.4 Å². The Morgan fingerprint density at radius 1 is 1.14 bits per heavy atom. The lowest BCUT2D eigenvalue weighted by Crippen LogP contribution is -2.36. The predicted octanol–water partition coefficient (Wildman–Crippen LogP) is 5.63. The molecule has 5 rings (SSSR count). The normalized spacial score (nSPS) is 18.8. The zero-order valence-electron chi connectivity index (χ0n) is 19.1. The van der Waals surface area contributed by atoms with Gasteiger partial charge in [-0.3, -0.25) is 9.78 Å². The molecule has 0 N–H and O–H groups in total. The van der Waals surface area contributed by atoms with Gasteiger partial charge in [-0.2, -0.15) is 13.2 Å². The minimum absolute atomic E-state index is 0.0175. The summed E-state index contributed by atoms with van der Waals surface area (Å²) >= 11 is 0. The van der Waals surface area contributed by atoms with Crippen molar-refractivity contribution in [1.29, 1.82) is 0 Å². The van der Waals surface area contributed by atoms with E-state index in [4.69, 9.17) is 0 Å². The smallest absolute Gasteiger partial charge is 0.335 e. The van der Waals surface area contributed by atoms with Gasteiger partial charge in [-0.05, 0) is 62.6 Å². The van der Waals surface area contributed by atoms with Crippen molar-refractivity contribution in [3.05, 3.63) is 77.1 Å². The van der Waals surface area contributed by atoms with E-state index in [0.29, 0.717) is 42.2 Å². The van der Waals surface area contributed by atoms with Crippen molar-refractivity contribution in [3.63, 3.8) is 0 Å². The van der Waals surface area contributed by atoms with Gasteiger partial charge in [0.25, 0.3) is 5.91 Å². The fourth-order valence-corrected chi connectivity index (χ4v) is 4.93. The van der Waals surface area contributed by atoms with Crippen LogP contribution in [0.2, 0.25) is 0 Å². The average Bonchev–Trinajstić information content (AvgIpc) is 3.49. The molecule has 2 aliphatic rings. The topological polar surface area (TPSA) is 59.0 Å². The first-order valence-corrected chi connectivity index (χ1v) is 11.6. The fourth-order valence-electron chi connectivity index (χ4n) is 4.93. The number of halogens is 4. The summed E-state index contributed by atoms with van der Waals surface area (Å²) in [6.45, 7) is 2.53. The standard InChI is InChI=1S/C26H24F4N4O/c1-16-3-5-19(23-31-9-2-10-32-23)20(11-16)24(35)34-15-25(7-8-25)13-18(34)4-6-22-21(27)12-17(14-33-22)26(28,29)30/h2-3,5,9-12,14,18H,4,6-8,13,15H2,1H3/t18-/m1/s1. The van der Waals surface area contributed by atoms with E-state index in [1.165, 1.54) is 0 Å². The highest BCUT2D eigenvalue weighted by atomic mass is 19.4. The van der Waals surface area contributed by atoms with Crippen molar-refractivity contribution in [1.82, 2.24) is 19.9 Å². The van der Waals surface area contributed by atoms with Crippen LogP contribution >= 0.6 is 0 Å². The quantitative estimate of drug-likeness (QED) is 0.441. The number of nitrogens with zero attached hydrogens (tertiary/aromatic N) is 4. The Balaban J connectivity index is 1.39. The molecular formula is C26H24F4N4O. The van der Waals surface area contributed by atoms with Gasteiger partial charge in [0, 0.05) is 36.7 Å². The van der Waals surface area contributed by atoms with Gasteiger partial charge < -0.3 is 4.90 Å². The zero-order chi connectivity index (χ0) is 24.8. The molecule has 1 aliphatic heterocycles. The number of benzene rings is 1. The van der Waals surface area contributed by atoms with Crippen molar-refractivity contribution < 1.29 is 22.4 Å². The Bertz CT molecular complexity index is 1260. The van der Waals surface area contributed by atoms with E-state index in [-0.39, 0.29) is 29.5 Å². The summed E-state index contributed by atoms with van der Waals surface area (Å²) in [5.41, 5.74) is 1.05. The number of likely N-dealkylation sites (tertiary alicyclic amines) is 1. The lowest BCUT2D eigenvalue weighted by molar-refractivity contribution is -0.138. The van der Waals surface area contributed by atoms with E-state index in [0.717, 1.165) is 24.8 Å². The Morgan fingerprint density at radius 3 is 2.54 bits per heavy atom. The molecule has 1 saturated carbocycles. The van der Waals surface area contributed by atoms with Crippen LogP contribution in [0.4, 0.5) is 17.6 Å². The van der Waals surface area contributed by atoms with E-state index in [1.807, 2.05) is 30.0 Å². The molecule has 182 valence electrons. The van der Waals surface area contributed by atoms with Crippen LogP contribution in [0, 0.1) is 18.2 Å². The fraction of sp³-hybridized carbons (Fsp3) is 0.385. The van der Waals surface area contributed by atoms with E-state index >= 15 is 0 Å². The second-order valence-electron chi connectivity index (χ2n) is 9.60. The lowest BCUT2D eigenvalue weighted by atomic mass is 9.98. The number of rotatable bonds is 5. The average molecular weight is 484 g/mol. The van der Waals surface area contributed by atoms with E-state index in [1.54, 1.807) is 18.5 Å². The van der Waals surface area contributed by atoms with E-state index in [2.05, 4.69) is 15.0 Å². The molecule has 1 saturated heterocycles. The summed E-state index contributed by atoms with van der Waals surface area (Å²) in [6.07, 6.45) is 2.70. The van der Waals surface area contributed by atoms with Crippen LogP contribution in [0.3, 0.4) is 0 Å². The number of aryl methyl sites for hydroxylation is 2. The largest absolute Gasteiger partial charge is 0.417 e. The van der Waals surface area contributed by atoms with Gasteiger partial charge in [-0.1, -0.05) is 17.7 Å². The summed E-state index contributed by atoms with van der Waals surface area (Å²) in [4.78, 5) is 28.0. The summed E-state index contributed by atoms with van der Waals surface area (Å²) in [5.74, 6) is -0.645. The number of aromatic nitrogens is 3. The minimum Gasteiger partial charge on any atom is -0.335 e. The molecule has 0 unspecified atom stereocenters. The van der Waals surface area contributed by atoms with Crippen LogP contribution in [0.5, 0.6) is 0 Å². The first kappa shape index (κ1) is 23.4. The van der Waals surface area contributed by atoms with Gasteiger partial charge in [0.05, 0.1) is 16.8 Å². The van der Waals surface area contributed by atoms with Crippen LogP contribution in [0.25, 0.3) is 11.4 Å². The molecule has 1 amide bonds. The second kappa shape index (κ2) is 8.70. The molecule has 0 bridgehead atoms. The summed E-state index contributed by atoms with van der Waals surface area (Å²) in [6, 6.07) is 7.63. The van der Waals surface area contributed by atoms with Crippen LogP contribution in [-0.4, -0.2) is 38.3 Å². The van der Waals surface area contributed by atoms with Gasteiger partial charge in [-0.15, -0.1) is 0 Å². The molecular weight excluding hydrogens is 460 g/mol. The number of carbonyl (C=O) groups is 1. The monoisotopic (exact) mass is 484 g/mol. The van der Waals surface area contributed by atoms with Gasteiger partial charge in [-0.25, -0.2) is 14.4 Å². The SMILES string of the molecule is Cc1ccc(-c2ncccn2)c(C(=O)N2CC3(CC3)C[C@H]2CCc2ncc(C(F)(F)F)cc2F)c1. The highest BCUT2D eigenvalue weighted by Gasteiger charge is 2.53. The molecule has 9 heteroatoms.